The van der Waals surface area contributed by atoms with Crippen molar-refractivity contribution in [3.8, 4) is 0 Å². The third-order valence-electron chi connectivity index (χ3n) is 3.06. The van der Waals surface area contributed by atoms with Crippen molar-refractivity contribution in [3.05, 3.63) is 11.8 Å². The lowest BCUT2D eigenvalue weighted by Crippen LogP contribution is -2.38. The van der Waals surface area contributed by atoms with Crippen molar-refractivity contribution in [1.82, 2.24) is 0 Å². The summed E-state index contributed by atoms with van der Waals surface area (Å²) in [6, 6.07) is 0. The summed E-state index contributed by atoms with van der Waals surface area (Å²) in [5.41, 5.74) is -0.0926. The van der Waals surface area contributed by atoms with Crippen molar-refractivity contribution in [3.63, 3.8) is 0 Å². The van der Waals surface area contributed by atoms with Gasteiger partial charge in [0, 0.05) is 5.41 Å². The molecular formula is C13H22O4. The molecule has 0 aromatic rings. The number of rotatable bonds is 1. The molecule has 0 spiro atoms. The van der Waals surface area contributed by atoms with Gasteiger partial charge in [0.15, 0.2) is 11.9 Å². The second kappa shape index (κ2) is 3.97. The Bertz CT molecular complexity index is 327. The predicted octanol–water partition coefficient (Wildman–Crippen LogP) is 1.83. The van der Waals surface area contributed by atoms with Gasteiger partial charge >= 0.3 is 0 Å². The first-order chi connectivity index (χ1) is 7.69. The van der Waals surface area contributed by atoms with Gasteiger partial charge in [-0.3, -0.25) is 0 Å². The Hall–Kier alpha value is -0.580. The highest BCUT2D eigenvalue weighted by atomic mass is 16.8. The molecule has 0 radical (unpaired) electrons. The van der Waals surface area contributed by atoms with Crippen molar-refractivity contribution in [2.24, 2.45) is 5.41 Å². The quantitative estimate of drug-likeness (QED) is 0.762. The molecule has 1 fully saturated rings. The zero-order valence-electron chi connectivity index (χ0n) is 11.2. The fourth-order valence-electron chi connectivity index (χ4n) is 2.11. The van der Waals surface area contributed by atoms with Crippen LogP contribution in [0.3, 0.4) is 0 Å². The lowest BCUT2D eigenvalue weighted by molar-refractivity contribution is -0.157. The summed E-state index contributed by atoms with van der Waals surface area (Å²) in [5.74, 6) is 0.237. The van der Waals surface area contributed by atoms with E-state index in [1.54, 1.807) is 6.08 Å². The standard InChI is InChI=1S/C13H22O4/c1-12(2,3)10-6-8(14)11(16-10)9-7-15-13(4,5)17-9/h6,8-9,11,14H,7H2,1-5H3/t8-,9-,11+/m1/s1. The maximum atomic E-state index is 10.0. The Morgan fingerprint density at radius 2 is 2.00 bits per heavy atom. The molecule has 0 aromatic carbocycles. The largest absolute Gasteiger partial charge is 0.489 e. The molecule has 0 bridgehead atoms. The Labute approximate surface area is 103 Å². The van der Waals surface area contributed by atoms with Crippen molar-refractivity contribution in [1.29, 1.82) is 0 Å². The van der Waals surface area contributed by atoms with E-state index in [-0.39, 0.29) is 17.6 Å². The first-order valence-electron chi connectivity index (χ1n) is 6.08. The molecule has 2 heterocycles. The van der Waals surface area contributed by atoms with E-state index in [1.165, 1.54) is 0 Å². The molecule has 2 aliphatic heterocycles. The van der Waals surface area contributed by atoms with E-state index < -0.39 is 11.9 Å². The van der Waals surface area contributed by atoms with Gasteiger partial charge < -0.3 is 19.3 Å². The second-order valence-corrected chi connectivity index (χ2v) is 6.22. The van der Waals surface area contributed by atoms with E-state index >= 15 is 0 Å². The number of hydrogen-bond donors (Lipinski definition) is 1. The zero-order chi connectivity index (χ0) is 12.8. The van der Waals surface area contributed by atoms with Crippen LogP contribution in [0, 0.1) is 5.41 Å². The molecule has 0 saturated carbocycles. The van der Waals surface area contributed by atoms with Crippen LogP contribution in [0.2, 0.25) is 0 Å². The molecule has 4 nitrogen and oxygen atoms in total. The van der Waals surface area contributed by atoms with Crippen LogP contribution in [0.15, 0.2) is 11.8 Å². The van der Waals surface area contributed by atoms with Crippen molar-refractivity contribution < 1.29 is 19.3 Å². The molecule has 0 amide bonds. The van der Waals surface area contributed by atoms with Crippen LogP contribution in [0.5, 0.6) is 0 Å². The van der Waals surface area contributed by atoms with Crippen LogP contribution < -0.4 is 0 Å². The minimum atomic E-state index is -0.619. The number of aliphatic hydroxyl groups excluding tert-OH is 1. The van der Waals surface area contributed by atoms with Gasteiger partial charge in [0.05, 0.1) is 6.61 Å². The van der Waals surface area contributed by atoms with Crippen LogP contribution in [0.1, 0.15) is 34.6 Å². The number of allylic oxidation sites excluding steroid dienone is 1. The van der Waals surface area contributed by atoms with E-state index in [0.717, 1.165) is 5.76 Å². The summed E-state index contributed by atoms with van der Waals surface area (Å²) >= 11 is 0. The normalized spacial score (nSPS) is 36.8. The van der Waals surface area contributed by atoms with Crippen LogP contribution >= 0.6 is 0 Å². The highest BCUT2D eigenvalue weighted by molar-refractivity contribution is 5.15. The topological polar surface area (TPSA) is 47.9 Å². The Morgan fingerprint density at radius 3 is 2.41 bits per heavy atom. The molecule has 1 N–H and O–H groups in total. The molecule has 17 heavy (non-hydrogen) atoms. The Morgan fingerprint density at radius 1 is 1.35 bits per heavy atom. The van der Waals surface area contributed by atoms with Gasteiger partial charge in [0.1, 0.15) is 18.0 Å². The maximum absolute atomic E-state index is 10.0. The van der Waals surface area contributed by atoms with E-state index in [9.17, 15) is 5.11 Å². The average molecular weight is 242 g/mol. The van der Waals surface area contributed by atoms with Gasteiger partial charge in [-0.05, 0) is 19.9 Å². The summed E-state index contributed by atoms with van der Waals surface area (Å²) < 4.78 is 17.0. The Balaban J connectivity index is 2.03. The van der Waals surface area contributed by atoms with E-state index in [0.29, 0.717) is 6.61 Å². The molecule has 0 aliphatic carbocycles. The number of hydrogen-bond acceptors (Lipinski definition) is 4. The summed E-state index contributed by atoms with van der Waals surface area (Å²) in [6.45, 7) is 10.4. The van der Waals surface area contributed by atoms with Gasteiger partial charge in [-0.25, -0.2) is 0 Å². The zero-order valence-corrected chi connectivity index (χ0v) is 11.2. The maximum Gasteiger partial charge on any atom is 0.163 e. The van der Waals surface area contributed by atoms with Crippen molar-refractivity contribution >= 4 is 0 Å². The average Bonchev–Trinajstić information content (AvgIpc) is 2.68. The summed E-state index contributed by atoms with van der Waals surface area (Å²) in [6.07, 6.45) is 0.591. The first kappa shape index (κ1) is 12.9. The minimum absolute atomic E-state index is 0.0926. The third-order valence-corrected chi connectivity index (χ3v) is 3.06. The molecule has 2 aliphatic rings. The second-order valence-electron chi connectivity index (χ2n) is 6.22. The van der Waals surface area contributed by atoms with E-state index in [1.807, 2.05) is 13.8 Å². The number of aliphatic hydroxyl groups is 1. The van der Waals surface area contributed by atoms with Gasteiger partial charge in [-0.2, -0.15) is 0 Å². The molecule has 1 saturated heterocycles. The molecule has 2 rings (SSSR count). The molecule has 4 heteroatoms. The monoisotopic (exact) mass is 242 g/mol. The minimum Gasteiger partial charge on any atom is -0.489 e. The van der Waals surface area contributed by atoms with E-state index in [2.05, 4.69) is 20.8 Å². The molecule has 98 valence electrons. The van der Waals surface area contributed by atoms with Crippen LogP contribution in [-0.4, -0.2) is 35.8 Å². The molecular weight excluding hydrogens is 220 g/mol. The fourth-order valence-corrected chi connectivity index (χ4v) is 2.11. The number of ether oxygens (including phenoxy) is 3. The molecule has 0 aromatic heterocycles. The third kappa shape index (κ3) is 2.64. The summed E-state index contributed by atoms with van der Waals surface area (Å²) in [7, 11) is 0. The van der Waals surface area contributed by atoms with Gasteiger partial charge in [0.25, 0.3) is 0 Å². The van der Waals surface area contributed by atoms with Gasteiger partial charge in [0.2, 0.25) is 0 Å². The molecule has 0 unspecified atom stereocenters. The summed E-state index contributed by atoms with van der Waals surface area (Å²) in [5, 5.41) is 10.0. The smallest absolute Gasteiger partial charge is 0.163 e. The van der Waals surface area contributed by atoms with Crippen molar-refractivity contribution in [2.75, 3.05) is 6.61 Å². The van der Waals surface area contributed by atoms with Crippen molar-refractivity contribution in [2.45, 2.75) is 58.7 Å². The van der Waals surface area contributed by atoms with Crippen LogP contribution in [-0.2, 0) is 14.2 Å². The SMILES string of the molecule is CC1(C)OC[C@H]([C@H]2OC(C(C)(C)C)=C[C@H]2O)O1. The lowest BCUT2D eigenvalue weighted by atomic mass is 9.94. The Kier molecular flexibility index (Phi) is 3.00. The lowest BCUT2D eigenvalue weighted by Gasteiger charge is -2.26. The molecule has 3 atom stereocenters. The highest BCUT2D eigenvalue weighted by Gasteiger charge is 2.45. The van der Waals surface area contributed by atoms with Gasteiger partial charge in [-0.15, -0.1) is 0 Å². The fraction of sp³-hybridized carbons (Fsp3) is 0.846. The first-order valence-corrected chi connectivity index (χ1v) is 6.08. The van der Waals surface area contributed by atoms with Crippen LogP contribution in [0.4, 0.5) is 0 Å². The van der Waals surface area contributed by atoms with Gasteiger partial charge in [-0.1, -0.05) is 20.8 Å². The van der Waals surface area contributed by atoms with Crippen LogP contribution in [0.25, 0.3) is 0 Å². The highest BCUT2D eigenvalue weighted by Crippen LogP contribution is 2.36. The van der Waals surface area contributed by atoms with E-state index in [4.69, 9.17) is 14.2 Å². The summed E-state index contributed by atoms with van der Waals surface area (Å²) in [4.78, 5) is 0. The predicted molar refractivity (Wildman–Crippen MR) is 63.3 cm³/mol.